The summed E-state index contributed by atoms with van der Waals surface area (Å²) in [5, 5.41) is 15.9. The smallest absolute Gasteiger partial charge is 0.269 e. The van der Waals surface area contributed by atoms with Crippen LogP contribution < -0.4 is 10.6 Å². The SMILES string of the molecule is CNC(=O)c1cc(NCC(C)(O)CC(C)C)ccn1. The van der Waals surface area contributed by atoms with Gasteiger partial charge in [0.25, 0.3) is 5.91 Å². The zero-order valence-corrected chi connectivity index (χ0v) is 12.0. The van der Waals surface area contributed by atoms with Crippen LogP contribution in [-0.2, 0) is 0 Å². The molecule has 1 heterocycles. The molecule has 0 aliphatic heterocycles. The molecule has 106 valence electrons. The summed E-state index contributed by atoms with van der Waals surface area (Å²) >= 11 is 0. The molecule has 0 aromatic carbocycles. The minimum Gasteiger partial charge on any atom is -0.388 e. The average Bonchev–Trinajstić information content (AvgIpc) is 2.34. The van der Waals surface area contributed by atoms with E-state index >= 15 is 0 Å². The Bertz CT molecular complexity index is 430. The molecule has 5 nitrogen and oxygen atoms in total. The lowest BCUT2D eigenvalue weighted by Gasteiger charge is -2.26. The van der Waals surface area contributed by atoms with E-state index in [4.69, 9.17) is 0 Å². The van der Waals surface area contributed by atoms with Gasteiger partial charge in [0, 0.05) is 25.5 Å². The van der Waals surface area contributed by atoms with Crippen molar-refractivity contribution in [2.24, 2.45) is 5.92 Å². The third kappa shape index (κ3) is 5.26. The highest BCUT2D eigenvalue weighted by molar-refractivity contribution is 5.92. The summed E-state index contributed by atoms with van der Waals surface area (Å²) in [5.74, 6) is 0.202. The van der Waals surface area contributed by atoms with Crippen LogP contribution in [0.5, 0.6) is 0 Å². The molecule has 1 unspecified atom stereocenters. The Labute approximate surface area is 114 Å². The number of amides is 1. The van der Waals surface area contributed by atoms with Gasteiger partial charge < -0.3 is 15.7 Å². The fourth-order valence-electron chi connectivity index (χ4n) is 2.04. The topological polar surface area (TPSA) is 74.2 Å². The maximum absolute atomic E-state index is 11.5. The van der Waals surface area contributed by atoms with Gasteiger partial charge in [-0.05, 0) is 31.4 Å². The number of hydrogen-bond acceptors (Lipinski definition) is 4. The first-order valence-corrected chi connectivity index (χ1v) is 6.48. The van der Waals surface area contributed by atoms with Gasteiger partial charge in [0.15, 0.2) is 0 Å². The fourth-order valence-corrected chi connectivity index (χ4v) is 2.04. The molecule has 1 aromatic rings. The number of anilines is 1. The van der Waals surface area contributed by atoms with Crippen molar-refractivity contribution in [3.05, 3.63) is 24.0 Å². The fraction of sp³-hybridized carbons (Fsp3) is 0.571. The van der Waals surface area contributed by atoms with Crippen molar-refractivity contribution >= 4 is 11.6 Å². The molecule has 0 radical (unpaired) electrons. The molecule has 19 heavy (non-hydrogen) atoms. The van der Waals surface area contributed by atoms with Crippen LogP contribution in [-0.4, -0.2) is 35.2 Å². The van der Waals surface area contributed by atoms with E-state index in [0.717, 1.165) is 5.69 Å². The Morgan fingerprint density at radius 1 is 1.53 bits per heavy atom. The highest BCUT2D eigenvalue weighted by atomic mass is 16.3. The quantitative estimate of drug-likeness (QED) is 0.731. The van der Waals surface area contributed by atoms with Gasteiger partial charge in [0.2, 0.25) is 0 Å². The van der Waals surface area contributed by atoms with Gasteiger partial charge in [0.05, 0.1) is 5.60 Å². The van der Waals surface area contributed by atoms with E-state index < -0.39 is 5.60 Å². The summed E-state index contributed by atoms with van der Waals surface area (Å²) in [7, 11) is 1.57. The Morgan fingerprint density at radius 3 is 2.79 bits per heavy atom. The van der Waals surface area contributed by atoms with Gasteiger partial charge in [-0.25, -0.2) is 0 Å². The molecule has 1 aromatic heterocycles. The van der Waals surface area contributed by atoms with Gasteiger partial charge in [-0.15, -0.1) is 0 Å². The highest BCUT2D eigenvalue weighted by Gasteiger charge is 2.21. The number of nitrogens with one attached hydrogen (secondary N) is 2. The molecule has 1 amide bonds. The van der Waals surface area contributed by atoms with E-state index in [-0.39, 0.29) is 5.91 Å². The first-order chi connectivity index (χ1) is 8.84. The molecular formula is C14H23N3O2. The molecule has 5 heteroatoms. The third-order valence-corrected chi connectivity index (χ3v) is 2.74. The van der Waals surface area contributed by atoms with Gasteiger partial charge in [0.1, 0.15) is 5.69 Å². The summed E-state index contributed by atoms with van der Waals surface area (Å²) < 4.78 is 0. The Morgan fingerprint density at radius 2 is 2.21 bits per heavy atom. The Kier molecular flexibility index (Phi) is 5.30. The number of nitrogens with zero attached hydrogens (tertiary/aromatic N) is 1. The lowest BCUT2D eigenvalue weighted by molar-refractivity contribution is 0.0515. The monoisotopic (exact) mass is 265 g/mol. The van der Waals surface area contributed by atoms with Crippen LogP contribution in [0.3, 0.4) is 0 Å². The number of carbonyl (C=O) groups excluding carboxylic acids is 1. The van der Waals surface area contributed by atoms with Crippen LogP contribution in [0.1, 0.15) is 37.7 Å². The van der Waals surface area contributed by atoms with E-state index in [0.29, 0.717) is 24.6 Å². The molecule has 0 spiro atoms. The zero-order chi connectivity index (χ0) is 14.5. The zero-order valence-electron chi connectivity index (χ0n) is 12.0. The van der Waals surface area contributed by atoms with Gasteiger partial charge in [-0.3, -0.25) is 9.78 Å². The van der Waals surface area contributed by atoms with Crippen LogP contribution in [0.2, 0.25) is 0 Å². The molecule has 0 fully saturated rings. The maximum Gasteiger partial charge on any atom is 0.269 e. The minimum atomic E-state index is -0.773. The van der Waals surface area contributed by atoms with E-state index in [9.17, 15) is 9.90 Å². The molecule has 3 N–H and O–H groups in total. The summed E-state index contributed by atoms with van der Waals surface area (Å²) in [6.45, 7) is 6.39. The van der Waals surface area contributed by atoms with Crippen LogP contribution in [0.25, 0.3) is 0 Å². The number of rotatable bonds is 6. The van der Waals surface area contributed by atoms with E-state index in [1.807, 2.05) is 0 Å². The highest BCUT2D eigenvalue weighted by Crippen LogP contribution is 2.17. The second-order valence-corrected chi connectivity index (χ2v) is 5.46. The normalized spacial score (nSPS) is 14.0. The maximum atomic E-state index is 11.5. The molecule has 0 saturated carbocycles. The van der Waals surface area contributed by atoms with Gasteiger partial charge >= 0.3 is 0 Å². The average molecular weight is 265 g/mol. The van der Waals surface area contributed by atoms with Crippen molar-refractivity contribution < 1.29 is 9.90 Å². The first-order valence-electron chi connectivity index (χ1n) is 6.48. The van der Waals surface area contributed by atoms with Crippen LogP contribution in [0, 0.1) is 5.92 Å². The lowest BCUT2D eigenvalue weighted by Crippen LogP contribution is -2.35. The third-order valence-electron chi connectivity index (χ3n) is 2.74. The van der Waals surface area contributed by atoms with Crippen LogP contribution in [0.4, 0.5) is 5.69 Å². The van der Waals surface area contributed by atoms with Crippen molar-refractivity contribution in [1.82, 2.24) is 10.3 Å². The lowest BCUT2D eigenvalue weighted by atomic mass is 9.94. The second-order valence-electron chi connectivity index (χ2n) is 5.46. The number of carbonyl (C=O) groups is 1. The van der Waals surface area contributed by atoms with Crippen molar-refractivity contribution in [1.29, 1.82) is 0 Å². The number of aromatic nitrogens is 1. The van der Waals surface area contributed by atoms with Crippen molar-refractivity contribution in [2.75, 3.05) is 18.9 Å². The van der Waals surface area contributed by atoms with Gasteiger partial charge in [-0.1, -0.05) is 13.8 Å². The molecule has 1 atom stereocenters. The van der Waals surface area contributed by atoms with Crippen LogP contribution >= 0.6 is 0 Å². The van der Waals surface area contributed by atoms with Crippen molar-refractivity contribution in [2.45, 2.75) is 32.8 Å². The van der Waals surface area contributed by atoms with E-state index in [2.05, 4.69) is 29.5 Å². The second kappa shape index (κ2) is 6.52. The largest absolute Gasteiger partial charge is 0.388 e. The minimum absolute atomic E-state index is 0.224. The molecular weight excluding hydrogens is 242 g/mol. The summed E-state index contributed by atoms with van der Waals surface area (Å²) in [6.07, 6.45) is 2.29. The summed E-state index contributed by atoms with van der Waals surface area (Å²) in [4.78, 5) is 15.4. The first kappa shape index (κ1) is 15.4. The number of hydrogen-bond donors (Lipinski definition) is 3. The molecule has 0 aliphatic carbocycles. The van der Waals surface area contributed by atoms with Crippen molar-refractivity contribution in [3.63, 3.8) is 0 Å². The van der Waals surface area contributed by atoms with Crippen molar-refractivity contribution in [3.8, 4) is 0 Å². The summed E-state index contributed by atoms with van der Waals surface area (Å²) in [6, 6.07) is 3.45. The van der Waals surface area contributed by atoms with E-state index in [1.165, 1.54) is 0 Å². The van der Waals surface area contributed by atoms with Gasteiger partial charge in [-0.2, -0.15) is 0 Å². The molecule has 0 aliphatic rings. The van der Waals surface area contributed by atoms with Crippen LogP contribution in [0.15, 0.2) is 18.3 Å². The number of pyridine rings is 1. The summed E-state index contributed by atoms with van der Waals surface area (Å²) in [5.41, 5.74) is 0.360. The molecule has 0 saturated heterocycles. The standard InChI is InChI=1S/C14H23N3O2/c1-10(2)8-14(3,19)9-17-11-5-6-16-12(7-11)13(18)15-4/h5-7,10,19H,8-9H2,1-4H3,(H,15,18)(H,16,17). The van der Waals surface area contributed by atoms with E-state index in [1.54, 1.807) is 32.3 Å². The Balaban J connectivity index is 2.65. The number of aliphatic hydroxyl groups is 1. The predicted molar refractivity (Wildman–Crippen MR) is 76.2 cm³/mol. The molecule has 0 bridgehead atoms. The Hall–Kier alpha value is -1.62. The molecule has 1 rings (SSSR count). The predicted octanol–water partition coefficient (Wildman–Crippen LogP) is 1.65.